The fourth-order valence-electron chi connectivity index (χ4n) is 2.62. The Kier molecular flexibility index (Phi) is 7.03. The molecule has 0 aliphatic carbocycles. The number of nitrogens with one attached hydrogen (secondary N) is 1. The maximum Gasteiger partial charge on any atom is 0.243 e. The van der Waals surface area contributed by atoms with E-state index in [0.29, 0.717) is 0 Å². The third-order valence-electron chi connectivity index (χ3n) is 4.17. The van der Waals surface area contributed by atoms with Crippen LogP contribution in [0.5, 0.6) is 0 Å². The molecule has 2 rings (SSSR count). The predicted molar refractivity (Wildman–Crippen MR) is 99.5 cm³/mol. The van der Waals surface area contributed by atoms with Crippen LogP contribution in [-0.2, 0) is 4.79 Å². The van der Waals surface area contributed by atoms with Gasteiger partial charge in [0.15, 0.2) is 5.96 Å². The van der Waals surface area contributed by atoms with Crippen LogP contribution in [0.15, 0.2) is 29.3 Å². The highest BCUT2D eigenvalue weighted by Gasteiger charge is 2.20. The Labute approximate surface area is 149 Å². The van der Waals surface area contributed by atoms with Crippen LogP contribution >= 0.6 is 0 Å². The molecule has 1 aromatic carbocycles. The summed E-state index contributed by atoms with van der Waals surface area (Å²) in [5.74, 6) is 0.558. The summed E-state index contributed by atoms with van der Waals surface area (Å²) in [5, 5.41) is 3.33. The zero-order valence-corrected chi connectivity index (χ0v) is 15.3. The van der Waals surface area contributed by atoms with Crippen molar-refractivity contribution in [1.29, 1.82) is 0 Å². The number of rotatable bonds is 5. The minimum absolute atomic E-state index is 0.0132. The van der Waals surface area contributed by atoms with Crippen LogP contribution in [0.1, 0.15) is 13.3 Å². The summed E-state index contributed by atoms with van der Waals surface area (Å²) in [4.78, 5) is 22.3. The number of likely N-dealkylation sites (N-methyl/N-ethyl adjacent to an activating group) is 1. The van der Waals surface area contributed by atoms with E-state index >= 15 is 0 Å². The second kappa shape index (κ2) is 9.25. The van der Waals surface area contributed by atoms with Gasteiger partial charge in [-0.1, -0.05) is 6.92 Å². The topological polar surface area (TPSA) is 51.2 Å². The molecule has 1 amide bonds. The van der Waals surface area contributed by atoms with E-state index < -0.39 is 0 Å². The lowest BCUT2D eigenvalue weighted by atomic mass is 10.2. The molecule has 1 saturated heterocycles. The van der Waals surface area contributed by atoms with Gasteiger partial charge in [0, 0.05) is 52.5 Å². The number of aliphatic imine (C=N–C) groups is 1. The van der Waals surface area contributed by atoms with E-state index in [-0.39, 0.29) is 18.3 Å². The molecule has 25 heavy (non-hydrogen) atoms. The summed E-state index contributed by atoms with van der Waals surface area (Å²) < 4.78 is 13.1. The van der Waals surface area contributed by atoms with Crippen LogP contribution in [0.3, 0.4) is 0 Å². The van der Waals surface area contributed by atoms with Gasteiger partial charge in [0.2, 0.25) is 5.91 Å². The molecule has 1 aliphatic rings. The third kappa shape index (κ3) is 5.62. The highest BCUT2D eigenvalue weighted by atomic mass is 19.1. The van der Waals surface area contributed by atoms with Gasteiger partial charge in [0.1, 0.15) is 12.4 Å². The molecular formula is C18H28FN5O. The van der Waals surface area contributed by atoms with Gasteiger partial charge in [-0.05, 0) is 30.7 Å². The van der Waals surface area contributed by atoms with Crippen molar-refractivity contribution >= 4 is 17.6 Å². The molecule has 0 spiro atoms. The molecule has 0 unspecified atom stereocenters. The van der Waals surface area contributed by atoms with Crippen molar-refractivity contribution < 1.29 is 9.18 Å². The number of anilines is 1. The van der Waals surface area contributed by atoms with E-state index in [4.69, 9.17) is 0 Å². The van der Waals surface area contributed by atoms with E-state index in [9.17, 15) is 9.18 Å². The number of carbonyl (C=O) groups excluding carboxylic acids is 1. The molecular weight excluding hydrogens is 321 g/mol. The van der Waals surface area contributed by atoms with E-state index in [1.807, 2.05) is 12.1 Å². The van der Waals surface area contributed by atoms with Gasteiger partial charge in [-0.25, -0.2) is 9.38 Å². The minimum atomic E-state index is -0.217. The van der Waals surface area contributed by atoms with E-state index in [0.717, 1.165) is 50.8 Å². The molecule has 6 nitrogen and oxygen atoms in total. The standard InChI is InChI=1S/C18H28FN5O/c1-4-9-20-18(21-14-17(25)22(2)3)24-12-10-23(11-13-24)16-7-5-15(19)6-8-16/h5-8H,4,9-14H2,1-3H3,(H,20,21). The first kappa shape index (κ1) is 19.0. The molecule has 0 bridgehead atoms. The highest BCUT2D eigenvalue weighted by molar-refractivity contribution is 5.85. The van der Waals surface area contributed by atoms with E-state index in [1.54, 1.807) is 19.0 Å². The number of piperazine rings is 1. The SMILES string of the molecule is CCCNC(=NCC(=O)N(C)C)N1CCN(c2ccc(F)cc2)CC1. The van der Waals surface area contributed by atoms with Gasteiger partial charge >= 0.3 is 0 Å². The second-order valence-electron chi connectivity index (χ2n) is 6.31. The molecule has 1 heterocycles. The molecule has 1 fully saturated rings. The largest absolute Gasteiger partial charge is 0.368 e. The van der Waals surface area contributed by atoms with Gasteiger partial charge in [-0.15, -0.1) is 0 Å². The van der Waals surface area contributed by atoms with Crippen LogP contribution in [0, 0.1) is 5.82 Å². The quantitative estimate of drug-likeness (QED) is 0.645. The monoisotopic (exact) mass is 349 g/mol. The number of hydrogen-bond acceptors (Lipinski definition) is 3. The zero-order chi connectivity index (χ0) is 18.2. The van der Waals surface area contributed by atoms with Crippen LogP contribution in [0.25, 0.3) is 0 Å². The predicted octanol–water partition coefficient (Wildman–Crippen LogP) is 1.39. The lowest BCUT2D eigenvalue weighted by Crippen LogP contribution is -2.53. The number of benzene rings is 1. The number of carbonyl (C=O) groups is 1. The molecule has 138 valence electrons. The van der Waals surface area contributed by atoms with Gasteiger partial charge < -0.3 is 20.0 Å². The molecule has 0 saturated carbocycles. The lowest BCUT2D eigenvalue weighted by molar-refractivity contribution is -0.127. The maximum absolute atomic E-state index is 13.1. The van der Waals surface area contributed by atoms with Crippen molar-refractivity contribution in [3.8, 4) is 0 Å². The lowest BCUT2D eigenvalue weighted by Gasteiger charge is -2.37. The van der Waals surface area contributed by atoms with Crippen LogP contribution in [0.2, 0.25) is 0 Å². The normalized spacial score (nSPS) is 15.3. The second-order valence-corrected chi connectivity index (χ2v) is 6.31. The molecule has 1 aromatic rings. The number of amides is 1. The molecule has 7 heteroatoms. The molecule has 0 radical (unpaired) electrons. The summed E-state index contributed by atoms with van der Waals surface area (Å²) in [6, 6.07) is 6.60. The third-order valence-corrected chi connectivity index (χ3v) is 4.17. The van der Waals surface area contributed by atoms with Crippen molar-refractivity contribution in [2.24, 2.45) is 4.99 Å². The first-order valence-electron chi connectivity index (χ1n) is 8.75. The Bertz CT molecular complexity index is 580. The Hall–Kier alpha value is -2.31. The number of hydrogen-bond donors (Lipinski definition) is 1. The van der Waals surface area contributed by atoms with Crippen molar-refractivity contribution in [3.63, 3.8) is 0 Å². The zero-order valence-electron chi connectivity index (χ0n) is 15.3. The summed E-state index contributed by atoms with van der Waals surface area (Å²) in [5.41, 5.74) is 1.03. The summed E-state index contributed by atoms with van der Waals surface area (Å²) in [6.45, 7) is 6.36. The first-order valence-corrected chi connectivity index (χ1v) is 8.75. The highest BCUT2D eigenvalue weighted by Crippen LogP contribution is 2.16. The summed E-state index contributed by atoms with van der Waals surface area (Å²) in [7, 11) is 3.47. The van der Waals surface area contributed by atoms with Gasteiger partial charge in [0.05, 0.1) is 0 Å². The van der Waals surface area contributed by atoms with Crippen molar-refractivity contribution in [2.45, 2.75) is 13.3 Å². The Morgan fingerprint density at radius 1 is 1.20 bits per heavy atom. The average Bonchev–Trinajstić information content (AvgIpc) is 2.62. The van der Waals surface area contributed by atoms with Gasteiger partial charge in [-0.2, -0.15) is 0 Å². The summed E-state index contributed by atoms with van der Waals surface area (Å²) >= 11 is 0. The maximum atomic E-state index is 13.1. The van der Waals surface area contributed by atoms with Crippen LogP contribution in [0.4, 0.5) is 10.1 Å². The molecule has 0 aromatic heterocycles. The average molecular weight is 349 g/mol. The smallest absolute Gasteiger partial charge is 0.243 e. The molecule has 1 aliphatic heterocycles. The Morgan fingerprint density at radius 3 is 2.40 bits per heavy atom. The Morgan fingerprint density at radius 2 is 1.84 bits per heavy atom. The first-order chi connectivity index (χ1) is 12.0. The van der Waals surface area contributed by atoms with Gasteiger partial charge in [-0.3, -0.25) is 4.79 Å². The number of guanidine groups is 1. The number of halogens is 1. The minimum Gasteiger partial charge on any atom is -0.368 e. The molecule has 1 N–H and O–H groups in total. The van der Waals surface area contributed by atoms with Crippen molar-refractivity contribution in [1.82, 2.24) is 15.1 Å². The van der Waals surface area contributed by atoms with E-state index in [2.05, 4.69) is 27.0 Å². The van der Waals surface area contributed by atoms with Crippen molar-refractivity contribution in [3.05, 3.63) is 30.1 Å². The fraction of sp³-hybridized carbons (Fsp3) is 0.556. The number of nitrogens with zero attached hydrogens (tertiary/aromatic N) is 4. The van der Waals surface area contributed by atoms with Crippen LogP contribution in [-0.4, -0.2) is 75.0 Å². The molecule has 0 atom stereocenters. The Balaban J connectivity index is 1.96. The van der Waals surface area contributed by atoms with Crippen molar-refractivity contribution in [2.75, 3.05) is 58.3 Å². The summed E-state index contributed by atoms with van der Waals surface area (Å²) in [6.07, 6.45) is 0.996. The van der Waals surface area contributed by atoms with Crippen LogP contribution < -0.4 is 10.2 Å². The van der Waals surface area contributed by atoms with E-state index in [1.165, 1.54) is 12.1 Å². The fourth-order valence-corrected chi connectivity index (χ4v) is 2.62. The van der Waals surface area contributed by atoms with Gasteiger partial charge in [0.25, 0.3) is 0 Å².